The van der Waals surface area contributed by atoms with Crippen LogP contribution in [-0.2, 0) is 9.59 Å². The van der Waals surface area contributed by atoms with E-state index in [1.54, 1.807) is 18.2 Å². The molecule has 2 N–H and O–H groups in total. The van der Waals surface area contributed by atoms with E-state index in [0.717, 1.165) is 11.3 Å². The molecule has 2 rings (SSSR count). The molecule has 0 saturated carbocycles. The van der Waals surface area contributed by atoms with Crippen LogP contribution in [0, 0.1) is 6.92 Å². The van der Waals surface area contributed by atoms with Crippen LogP contribution < -0.4 is 15.4 Å². The van der Waals surface area contributed by atoms with E-state index in [1.165, 1.54) is 18.9 Å². The van der Waals surface area contributed by atoms with Gasteiger partial charge in [0.25, 0.3) is 0 Å². The van der Waals surface area contributed by atoms with Crippen LogP contribution >= 0.6 is 23.4 Å². The lowest BCUT2D eigenvalue weighted by Gasteiger charge is -2.11. The molecule has 2 aromatic carbocycles. The summed E-state index contributed by atoms with van der Waals surface area (Å²) in [5.74, 6) is 0.377. The molecule has 0 radical (unpaired) electrons. The molecule has 0 atom stereocenters. The maximum absolute atomic E-state index is 12.0. The van der Waals surface area contributed by atoms with E-state index in [1.807, 2.05) is 31.2 Å². The van der Waals surface area contributed by atoms with Gasteiger partial charge >= 0.3 is 0 Å². The minimum absolute atomic E-state index is 0.149. The van der Waals surface area contributed by atoms with Crippen molar-refractivity contribution in [2.45, 2.75) is 6.92 Å². The van der Waals surface area contributed by atoms with Gasteiger partial charge in [0.1, 0.15) is 0 Å². The fourth-order valence-corrected chi connectivity index (χ4v) is 3.03. The number of rotatable bonds is 7. The van der Waals surface area contributed by atoms with Crippen molar-refractivity contribution in [2.75, 3.05) is 29.2 Å². The molecule has 0 unspecified atom stereocenters. The van der Waals surface area contributed by atoms with Crippen LogP contribution in [0.15, 0.2) is 42.5 Å². The number of carbonyl (C=O) groups is 2. The molecule has 0 fully saturated rings. The van der Waals surface area contributed by atoms with Crippen LogP contribution in [0.1, 0.15) is 5.56 Å². The molecule has 5 nitrogen and oxygen atoms in total. The highest BCUT2D eigenvalue weighted by atomic mass is 35.5. The second-order valence-electron chi connectivity index (χ2n) is 5.28. The fraction of sp³-hybridized carbons (Fsp3) is 0.222. The quantitative estimate of drug-likeness (QED) is 0.765. The van der Waals surface area contributed by atoms with Crippen molar-refractivity contribution in [3.8, 4) is 5.75 Å². The lowest BCUT2D eigenvalue weighted by molar-refractivity contribution is -0.114. The zero-order chi connectivity index (χ0) is 18.2. The minimum atomic E-state index is -0.228. The van der Waals surface area contributed by atoms with Crippen LogP contribution in [-0.4, -0.2) is 30.4 Å². The predicted octanol–water partition coefficient (Wildman–Crippen LogP) is 3.97. The molecular weight excluding hydrogens is 360 g/mol. The molecule has 0 aliphatic heterocycles. The number of ether oxygens (including phenoxy) is 1. The Hall–Kier alpha value is -2.18. The summed E-state index contributed by atoms with van der Waals surface area (Å²) < 4.78 is 5.18. The molecule has 0 aliphatic carbocycles. The molecule has 0 bridgehead atoms. The van der Waals surface area contributed by atoms with Crippen molar-refractivity contribution < 1.29 is 14.3 Å². The summed E-state index contributed by atoms with van der Waals surface area (Å²) in [6.45, 7) is 1.96. The van der Waals surface area contributed by atoms with Gasteiger partial charge in [-0.25, -0.2) is 0 Å². The average Bonchev–Trinajstić information content (AvgIpc) is 2.55. The number of nitrogens with one attached hydrogen (secondary N) is 2. The molecule has 0 spiro atoms. The minimum Gasteiger partial charge on any atom is -0.493 e. The van der Waals surface area contributed by atoms with E-state index >= 15 is 0 Å². The van der Waals surface area contributed by atoms with Crippen LogP contribution in [0.2, 0.25) is 5.02 Å². The highest BCUT2D eigenvalue weighted by molar-refractivity contribution is 8.00. The molecule has 132 valence electrons. The number of thioether (sulfide) groups is 1. The third-order valence-corrected chi connectivity index (χ3v) is 4.44. The summed E-state index contributed by atoms with van der Waals surface area (Å²) in [7, 11) is 1.49. The molecule has 0 aromatic heterocycles. The standard InChI is InChI=1S/C18H19ClN2O3S/c1-12-5-3-6-13(9-12)20-16(22)10-25-11-17(23)21-15-8-4-7-14(19)18(15)24-2/h3-9H,10-11H2,1-2H3,(H,20,22)(H,21,23). The normalized spacial score (nSPS) is 10.2. The van der Waals surface area contributed by atoms with E-state index in [0.29, 0.717) is 16.5 Å². The third-order valence-electron chi connectivity index (χ3n) is 3.21. The first kappa shape index (κ1) is 19.1. The maximum atomic E-state index is 12.0. The van der Waals surface area contributed by atoms with E-state index in [9.17, 15) is 9.59 Å². The summed E-state index contributed by atoms with van der Waals surface area (Å²) in [5, 5.41) is 5.96. The van der Waals surface area contributed by atoms with Crippen molar-refractivity contribution >= 4 is 46.6 Å². The Morgan fingerprint density at radius 1 is 1.08 bits per heavy atom. The monoisotopic (exact) mass is 378 g/mol. The van der Waals surface area contributed by atoms with Crippen molar-refractivity contribution in [2.24, 2.45) is 0 Å². The first-order chi connectivity index (χ1) is 12.0. The Bertz CT molecular complexity index is 768. The number of methoxy groups -OCH3 is 1. The molecule has 7 heteroatoms. The number of hydrogen-bond donors (Lipinski definition) is 2. The Morgan fingerprint density at radius 2 is 1.76 bits per heavy atom. The molecule has 2 amide bonds. The van der Waals surface area contributed by atoms with Crippen molar-refractivity contribution in [1.29, 1.82) is 0 Å². The SMILES string of the molecule is COc1c(Cl)cccc1NC(=O)CSCC(=O)Nc1cccc(C)c1. The largest absolute Gasteiger partial charge is 0.493 e. The van der Waals surface area contributed by atoms with Crippen LogP contribution in [0.5, 0.6) is 5.75 Å². The number of carbonyl (C=O) groups excluding carboxylic acids is 2. The zero-order valence-corrected chi connectivity index (χ0v) is 15.5. The fourth-order valence-electron chi connectivity index (χ4n) is 2.16. The van der Waals surface area contributed by atoms with Gasteiger partial charge in [0.15, 0.2) is 5.75 Å². The highest BCUT2D eigenvalue weighted by Crippen LogP contribution is 2.32. The summed E-state index contributed by atoms with van der Waals surface area (Å²) in [6.07, 6.45) is 0. The molecule has 0 heterocycles. The molecular formula is C18H19ClN2O3S. The number of aryl methyl sites for hydroxylation is 1. The summed E-state index contributed by atoms with van der Waals surface area (Å²) in [4.78, 5) is 23.9. The second-order valence-corrected chi connectivity index (χ2v) is 6.67. The summed E-state index contributed by atoms with van der Waals surface area (Å²) >= 11 is 7.24. The van der Waals surface area contributed by atoms with Gasteiger partial charge < -0.3 is 15.4 Å². The lowest BCUT2D eigenvalue weighted by atomic mass is 10.2. The van der Waals surface area contributed by atoms with Crippen LogP contribution in [0.3, 0.4) is 0 Å². The molecule has 0 saturated heterocycles. The number of halogens is 1. The van der Waals surface area contributed by atoms with Crippen LogP contribution in [0.25, 0.3) is 0 Å². The maximum Gasteiger partial charge on any atom is 0.234 e. The van der Waals surface area contributed by atoms with Gasteiger partial charge in [-0.05, 0) is 36.8 Å². The van der Waals surface area contributed by atoms with Crippen LogP contribution in [0.4, 0.5) is 11.4 Å². The number of hydrogen-bond acceptors (Lipinski definition) is 4. The van der Waals surface area contributed by atoms with Gasteiger partial charge in [0.05, 0.1) is 29.3 Å². The van der Waals surface area contributed by atoms with E-state index in [-0.39, 0.29) is 23.3 Å². The summed E-state index contributed by atoms with van der Waals surface area (Å²) in [5.41, 5.74) is 2.32. The molecule has 0 aliphatic rings. The van der Waals surface area contributed by atoms with Gasteiger partial charge in [0, 0.05) is 5.69 Å². The zero-order valence-electron chi connectivity index (χ0n) is 14.0. The van der Waals surface area contributed by atoms with Gasteiger partial charge in [-0.1, -0.05) is 29.8 Å². The Balaban J connectivity index is 1.79. The number of amides is 2. The van der Waals surface area contributed by atoms with Gasteiger partial charge in [-0.3, -0.25) is 9.59 Å². The first-order valence-electron chi connectivity index (χ1n) is 7.56. The summed E-state index contributed by atoms with van der Waals surface area (Å²) in [6, 6.07) is 12.7. The highest BCUT2D eigenvalue weighted by Gasteiger charge is 2.11. The van der Waals surface area contributed by atoms with E-state index in [2.05, 4.69) is 10.6 Å². The molecule has 25 heavy (non-hydrogen) atoms. The van der Waals surface area contributed by atoms with Gasteiger partial charge in [-0.2, -0.15) is 0 Å². The Kier molecular flexibility index (Phi) is 7.16. The molecule has 2 aromatic rings. The van der Waals surface area contributed by atoms with Gasteiger partial charge in [-0.15, -0.1) is 11.8 Å². The average molecular weight is 379 g/mol. The van der Waals surface area contributed by atoms with Crippen molar-refractivity contribution in [3.05, 3.63) is 53.1 Å². The topological polar surface area (TPSA) is 67.4 Å². The van der Waals surface area contributed by atoms with Crippen molar-refractivity contribution in [1.82, 2.24) is 0 Å². The Morgan fingerprint density at radius 3 is 2.44 bits per heavy atom. The number of anilines is 2. The smallest absolute Gasteiger partial charge is 0.234 e. The Labute approximate surface area is 156 Å². The lowest BCUT2D eigenvalue weighted by Crippen LogP contribution is -2.18. The second kappa shape index (κ2) is 9.34. The third kappa shape index (κ3) is 5.99. The van der Waals surface area contributed by atoms with E-state index < -0.39 is 0 Å². The van der Waals surface area contributed by atoms with Gasteiger partial charge in [0.2, 0.25) is 11.8 Å². The number of benzene rings is 2. The van der Waals surface area contributed by atoms with Crippen molar-refractivity contribution in [3.63, 3.8) is 0 Å². The first-order valence-corrected chi connectivity index (χ1v) is 9.09. The number of para-hydroxylation sites is 1. The van der Waals surface area contributed by atoms with E-state index in [4.69, 9.17) is 16.3 Å². The predicted molar refractivity (Wildman–Crippen MR) is 104 cm³/mol.